The fourth-order valence-electron chi connectivity index (χ4n) is 1.87. The third-order valence-corrected chi connectivity index (χ3v) is 2.91. The van der Waals surface area contributed by atoms with Crippen LogP contribution in [0.5, 0.6) is 5.75 Å². The van der Waals surface area contributed by atoms with E-state index in [1.165, 1.54) is 11.1 Å². The van der Waals surface area contributed by atoms with Crippen LogP contribution >= 0.6 is 0 Å². The molecule has 86 valence electrons. The van der Waals surface area contributed by atoms with E-state index >= 15 is 0 Å². The van der Waals surface area contributed by atoms with Gasteiger partial charge in [0.25, 0.3) is 0 Å². The number of hydrogen-bond acceptors (Lipinski definition) is 1. The normalized spacial score (nSPS) is 10.2. The number of hydrogen-bond donors (Lipinski definition) is 1. The molecule has 1 N–H and O–H groups in total. The quantitative estimate of drug-likeness (QED) is 0.814. The highest BCUT2D eigenvalue weighted by Gasteiger charge is 2.06. The largest absolute Gasteiger partial charge is 0.508 e. The standard InChI is InChI=1S/C16H16O/c1-3-12(2)15-6-4-5-7-16(15)13-8-10-14(17)11-9-13/h4-11,17H,2-3H2,1H3. The van der Waals surface area contributed by atoms with Gasteiger partial charge in [0.15, 0.2) is 0 Å². The predicted molar refractivity (Wildman–Crippen MR) is 72.9 cm³/mol. The van der Waals surface area contributed by atoms with Gasteiger partial charge in [-0.2, -0.15) is 0 Å². The molecule has 0 aliphatic rings. The maximum absolute atomic E-state index is 9.31. The van der Waals surface area contributed by atoms with Gasteiger partial charge in [0.05, 0.1) is 0 Å². The molecule has 0 aliphatic heterocycles. The molecule has 1 heteroatoms. The highest BCUT2D eigenvalue weighted by molar-refractivity contribution is 5.80. The van der Waals surface area contributed by atoms with Crippen molar-refractivity contribution in [2.24, 2.45) is 0 Å². The molecule has 0 fully saturated rings. The lowest BCUT2D eigenvalue weighted by Crippen LogP contribution is -1.87. The van der Waals surface area contributed by atoms with Crippen LogP contribution < -0.4 is 0 Å². The molecule has 2 rings (SSSR count). The molecule has 1 nitrogen and oxygen atoms in total. The van der Waals surface area contributed by atoms with Gasteiger partial charge >= 0.3 is 0 Å². The minimum atomic E-state index is 0.292. The molecular formula is C16H16O. The van der Waals surface area contributed by atoms with Crippen molar-refractivity contribution in [3.05, 3.63) is 60.7 Å². The Kier molecular flexibility index (Phi) is 3.29. The molecule has 0 atom stereocenters. The fraction of sp³-hybridized carbons (Fsp3) is 0.125. The summed E-state index contributed by atoms with van der Waals surface area (Å²) in [6.07, 6.45) is 0.940. The highest BCUT2D eigenvalue weighted by atomic mass is 16.3. The van der Waals surface area contributed by atoms with Crippen molar-refractivity contribution in [2.75, 3.05) is 0 Å². The van der Waals surface area contributed by atoms with E-state index in [2.05, 4.69) is 25.6 Å². The molecule has 0 saturated carbocycles. The molecule has 0 amide bonds. The number of rotatable bonds is 3. The van der Waals surface area contributed by atoms with Crippen molar-refractivity contribution >= 4 is 5.57 Å². The maximum atomic E-state index is 9.31. The van der Waals surface area contributed by atoms with Crippen LogP contribution in [0.2, 0.25) is 0 Å². The Morgan fingerprint density at radius 3 is 2.35 bits per heavy atom. The van der Waals surface area contributed by atoms with Crippen LogP contribution in [-0.4, -0.2) is 5.11 Å². The summed E-state index contributed by atoms with van der Waals surface area (Å²) in [7, 11) is 0. The van der Waals surface area contributed by atoms with E-state index in [0.717, 1.165) is 17.6 Å². The van der Waals surface area contributed by atoms with Gasteiger partial charge in [-0.3, -0.25) is 0 Å². The van der Waals surface area contributed by atoms with Gasteiger partial charge < -0.3 is 5.11 Å². The first kappa shape index (κ1) is 11.5. The van der Waals surface area contributed by atoms with Gasteiger partial charge in [-0.15, -0.1) is 0 Å². The van der Waals surface area contributed by atoms with Crippen molar-refractivity contribution < 1.29 is 5.11 Å². The van der Waals surface area contributed by atoms with Crippen LogP contribution in [0, 0.1) is 0 Å². The fourth-order valence-corrected chi connectivity index (χ4v) is 1.87. The number of benzene rings is 2. The van der Waals surface area contributed by atoms with E-state index in [0.29, 0.717) is 5.75 Å². The minimum Gasteiger partial charge on any atom is -0.508 e. The average molecular weight is 224 g/mol. The van der Waals surface area contributed by atoms with E-state index in [-0.39, 0.29) is 0 Å². The first-order valence-electron chi connectivity index (χ1n) is 5.79. The highest BCUT2D eigenvalue weighted by Crippen LogP contribution is 2.30. The molecule has 0 aliphatic carbocycles. The molecule has 2 aromatic rings. The number of phenolic OH excluding ortho intramolecular Hbond substituents is 1. The zero-order chi connectivity index (χ0) is 12.3. The molecule has 0 bridgehead atoms. The monoisotopic (exact) mass is 224 g/mol. The van der Waals surface area contributed by atoms with Crippen LogP contribution in [0.1, 0.15) is 18.9 Å². The molecule has 0 heterocycles. The summed E-state index contributed by atoms with van der Waals surface area (Å²) >= 11 is 0. The van der Waals surface area contributed by atoms with E-state index in [1.54, 1.807) is 12.1 Å². The van der Waals surface area contributed by atoms with Gasteiger partial charge in [0.2, 0.25) is 0 Å². The SMILES string of the molecule is C=C(CC)c1ccccc1-c1ccc(O)cc1. The Morgan fingerprint density at radius 1 is 1.06 bits per heavy atom. The Balaban J connectivity index is 2.51. The molecule has 0 aromatic heterocycles. The van der Waals surface area contributed by atoms with Crippen molar-refractivity contribution in [1.82, 2.24) is 0 Å². The summed E-state index contributed by atoms with van der Waals surface area (Å²) < 4.78 is 0. The summed E-state index contributed by atoms with van der Waals surface area (Å²) in [4.78, 5) is 0. The van der Waals surface area contributed by atoms with Crippen molar-refractivity contribution in [2.45, 2.75) is 13.3 Å². The Bertz CT molecular complexity index is 523. The Hall–Kier alpha value is -2.02. The third-order valence-electron chi connectivity index (χ3n) is 2.91. The Labute approximate surface area is 102 Å². The zero-order valence-electron chi connectivity index (χ0n) is 9.98. The number of aromatic hydroxyl groups is 1. The zero-order valence-corrected chi connectivity index (χ0v) is 9.98. The topological polar surface area (TPSA) is 20.2 Å². The van der Waals surface area contributed by atoms with Gasteiger partial charge in [-0.25, -0.2) is 0 Å². The summed E-state index contributed by atoms with van der Waals surface area (Å²) in [5.74, 6) is 0.292. The van der Waals surface area contributed by atoms with Gasteiger partial charge in [0, 0.05) is 0 Å². The van der Waals surface area contributed by atoms with Crippen LogP contribution in [0.3, 0.4) is 0 Å². The van der Waals surface area contributed by atoms with E-state index in [4.69, 9.17) is 0 Å². The molecular weight excluding hydrogens is 208 g/mol. The maximum Gasteiger partial charge on any atom is 0.115 e. The third kappa shape index (κ3) is 2.39. The first-order chi connectivity index (χ1) is 8.22. The second-order valence-electron chi connectivity index (χ2n) is 4.05. The summed E-state index contributed by atoms with van der Waals surface area (Å²) in [6.45, 7) is 6.20. The lowest BCUT2D eigenvalue weighted by atomic mass is 9.94. The van der Waals surface area contributed by atoms with E-state index < -0.39 is 0 Å². The average Bonchev–Trinajstić information content (AvgIpc) is 2.39. The van der Waals surface area contributed by atoms with Crippen molar-refractivity contribution in [3.8, 4) is 16.9 Å². The summed E-state index contributed by atoms with van der Waals surface area (Å²) in [6, 6.07) is 15.5. The van der Waals surface area contributed by atoms with Crippen LogP contribution in [0.15, 0.2) is 55.1 Å². The lowest BCUT2D eigenvalue weighted by Gasteiger charge is -2.11. The van der Waals surface area contributed by atoms with Crippen molar-refractivity contribution in [1.29, 1.82) is 0 Å². The summed E-state index contributed by atoms with van der Waals surface area (Å²) in [5.41, 5.74) is 4.58. The van der Waals surface area contributed by atoms with Gasteiger partial charge in [0.1, 0.15) is 5.75 Å². The number of allylic oxidation sites excluding steroid dienone is 1. The van der Waals surface area contributed by atoms with Crippen LogP contribution in [-0.2, 0) is 0 Å². The first-order valence-corrected chi connectivity index (χ1v) is 5.79. The number of phenols is 1. The molecule has 0 radical (unpaired) electrons. The van der Waals surface area contributed by atoms with Gasteiger partial charge in [-0.05, 0) is 40.8 Å². The van der Waals surface area contributed by atoms with Gasteiger partial charge in [-0.1, -0.05) is 49.9 Å². The second-order valence-corrected chi connectivity index (χ2v) is 4.05. The van der Waals surface area contributed by atoms with E-state index in [1.807, 2.05) is 24.3 Å². The smallest absolute Gasteiger partial charge is 0.115 e. The molecule has 0 saturated heterocycles. The lowest BCUT2D eigenvalue weighted by molar-refractivity contribution is 0.475. The minimum absolute atomic E-state index is 0.292. The van der Waals surface area contributed by atoms with E-state index in [9.17, 15) is 5.11 Å². The molecule has 2 aromatic carbocycles. The predicted octanol–water partition coefficient (Wildman–Crippen LogP) is 4.48. The second kappa shape index (κ2) is 4.88. The molecule has 0 unspecified atom stereocenters. The van der Waals surface area contributed by atoms with Crippen LogP contribution in [0.25, 0.3) is 16.7 Å². The van der Waals surface area contributed by atoms with Crippen LogP contribution in [0.4, 0.5) is 0 Å². The molecule has 0 spiro atoms. The summed E-state index contributed by atoms with van der Waals surface area (Å²) in [5, 5.41) is 9.31. The van der Waals surface area contributed by atoms with Crippen molar-refractivity contribution in [3.63, 3.8) is 0 Å². The Morgan fingerprint density at radius 2 is 1.71 bits per heavy atom. The molecule has 17 heavy (non-hydrogen) atoms.